The highest BCUT2D eigenvalue weighted by atomic mass is 16.3. The molecule has 0 bridgehead atoms. The van der Waals surface area contributed by atoms with Gasteiger partial charge in [-0.3, -0.25) is 0 Å². The maximum atomic E-state index is 9.63. The second kappa shape index (κ2) is 2.51. The zero-order valence-corrected chi connectivity index (χ0v) is 6.21. The van der Waals surface area contributed by atoms with Crippen molar-refractivity contribution in [3.05, 3.63) is 0 Å². The molecule has 2 heteroatoms. The molecule has 1 saturated carbocycles. The highest BCUT2D eigenvalue weighted by Crippen LogP contribution is 2.35. The zero-order valence-electron chi connectivity index (χ0n) is 6.21. The summed E-state index contributed by atoms with van der Waals surface area (Å²) in [5.74, 6) is 0.635. The van der Waals surface area contributed by atoms with Gasteiger partial charge in [-0.2, -0.15) is 0 Å². The number of aliphatic hydroxyl groups is 1. The van der Waals surface area contributed by atoms with Crippen molar-refractivity contribution in [2.24, 2.45) is 5.92 Å². The van der Waals surface area contributed by atoms with Crippen LogP contribution in [-0.4, -0.2) is 23.8 Å². The Hall–Kier alpha value is -0.0800. The maximum absolute atomic E-state index is 9.63. The molecule has 2 aliphatic rings. The minimum atomic E-state index is -0.0394. The molecule has 0 aromatic carbocycles. The van der Waals surface area contributed by atoms with Gasteiger partial charge in [0.2, 0.25) is 0 Å². The van der Waals surface area contributed by atoms with Crippen molar-refractivity contribution in [2.45, 2.75) is 37.8 Å². The summed E-state index contributed by atoms with van der Waals surface area (Å²) in [6, 6.07) is 0.424. The van der Waals surface area contributed by atoms with Crippen molar-refractivity contribution < 1.29 is 5.11 Å². The molecule has 1 heterocycles. The van der Waals surface area contributed by atoms with E-state index in [0.717, 1.165) is 6.54 Å². The maximum Gasteiger partial charge on any atom is 0.0721 e. The molecule has 0 spiro atoms. The van der Waals surface area contributed by atoms with Gasteiger partial charge in [0.1, 0.15) is 0 Å². The van der Waals surface area contributed by atoms with Crippen LogP contribution in [0.25, 0.3) is 0 Å². The molecule has 0 amide bonds. The second-order valence-corrected chi connectivity index (χ2v) is 3.53. The van der Waals surface area contributed by atoms with Gasteiger partial charge in [0, 0.05) is 6.04 Å². The first kappa shape index (κ1) is 6.62. The van der Waals surface area contributed by atoms with Crippen LogP contribution in [0.1, 0.15) is 25.7 Å². The third kappa shape index (κ3) is 1.18. The first-order chi connectivity index (χ1) is 4.88. The van der Waals surface area contributed by atoms with E-state index in [1.54, 1.807) is 0 Å². The van der Waals surface area contributed by atoms with Crippen LogP contribution in [-0.2, 0) is 0 Å². The Morgan fingerprint density at radius 3 is 2.60 bits per heavy atom. The molecule has 58 valence electrons. The van der Waals surface area contributed by atoms with E-state index in [-0.39, 0.29) is 6.10 Å². The van der Waals surface area contributed by atoms with Gasteiger partial charge < -0.3 is 10.4 Å². The Bertz CT molecular complexity index is 116. The van der Waals surface area contributed by atoms with E-state index in [1.807, 2.05) is 0 Å². The fraction of sp³-hybridized carbons (Fsp3) is 1.00. The van der Waals surface area contributed by atoms with Crippen LogP contribution in [0.5, 0.6) is 0 Å². The van der Waals surface area contributed by atoms with E-state index in [2.05, 4.69) is 5.32 Å². The summed E-state index contributed by atoms with van der Waals surface area (Å²) in [5.41, 5.74) is 0. The molecule has 10 heavy (non-hydrogen) atoms. The molecule has 2 nitrogen and oxygen atoms in total. The molecule has 1 saturated heterocycles. The smallest absolute Gasteiger partial charge is 0.0721 e. The fourth-order valence-electron chi connectivity index (χ4n) is 1.77. The zero-order chi connectivity index (χ0) is 6.97. The summed E-state index contributed by atoms with van der Waals surface area (Å²) in [7, 11) is 0. The first-order valence-corrected chi connectivity index (χ1v) is 4.29. The quantitative estimate of drug-likeness (QED) is 0.587. The van der Waals surface area contributed by atoms with Crippen LogP contribution in [0.4, 0.5) is 0 Å². The van der Waals surface area contributed by atoms with Crippen LogP contribution in [0, 0.1) is 5.92 Å². The molecule has 2 fully saturated rings. The Morgan fingerprint density at radius 1 is 1.30 bits per heavy atom. The number of nitrogens with one attached hydrogen (secondary N) is 1. The lowest BCUT2D eigenvalue weighted by Gasteiger charge is -2.16. The van der Waals surface area contributed by atoms with Crippen LogP contribution >= 0.6 is 0 Å². The topological polar surface area (TPSA) is 32.3 Å². The van der Waals surface area contributed by atoms with E-state index in [4.69, 9.17) is 0 Å². The van der Waals surface area contributed by atoms with E-state index in [0.29, 0.717) is 12.0 Å². The fourth-order valence-corrected chi connectivity index (χ4v) is 1.77. The van der Waals surface area contributed by atoms with Crippen molar-refractivity contribution in [3.63, 3.8) is 0 Å². The van der Waals surface area contributed by atoms with Gasteiger partial charge >= 0.3 is 0 Å². The van der Waals surface area contributed by atoms with Crippen LogP contribution in [0.15, 0.2) is 0 Å². The average molecular weight is 141 g/mol. The summed E-state index contributed by atoms with van der Waals surface area (Å²) >= 11 is 0. The van der Waals surface area contributed by atoms with Gasteiger partial charge in [-0.1, -0.05) is 0 Å². The molecule has 2 unspecified atom stereocenters. The van der Waals surface area contributed by atoms with E-state index >= 15 is 0 Å². The molecule has 1 aliphatic heterocycles. The molecule has 0 aromatic heterocycles. The average Bonchev–Trinajstić information content (AvgIpc) is 2.65. The Balaban J connectivity index is 1.84. The van der Waals surface area contributed by atoms with E-state index < -0.39 is 0 Å². The molecule has 2 rings (SSSR count). The van der Waals surface area contributed by atoms with Gasteiger partial charge in [0.05, 0.1) is 6.10 Å². The normalized spacial score (nSPS) is 36.3. The number of rotatable bonds is 2. The minimum Gasteiger partial charge on any atom is -0.391 e. The molecule has 2 N–H and O–H groups in total. The lowest BCUT2D eigenvalue weighted by Crippen LogP contribution is -2.35. The number of hydrogen-bond acceptors (Lipinski definition) is 2. The molecule has 0 radical (unpaired) electrons. The summed E-state index contributed by atoms with van der Waals surface area (Å²) in [6.45, 7) is 1.11. The lowest BCUT2D eigenvalue weighted by molar-refractivity contribution is 0.114. The van der Waals surface area contributed by atoms with E-state index in [9.17, 15) is 5.11 Å². The Labute approximate surface area is 61.6 Å². The lowest BCUT2D eigenvalue weighted by atomic mass is 10.1. The van der Waals surface area contributed by atoms with Crippen molar-refractivity contribution >= 4 is 0 Å². The first-order valence-electron chi connectivity index (χ1n) is 4.29. The predicted molar refractivity (Wildman–Crippen MR) is 39.8 cm³/mol. The van der Waals surface area contributed by atoms with Gasteiger partial charge in [0.15, 0.2) is 0 Å². The summed E-state index contributed by atoms with van der Waals surface area (Å²) < 4.78 is 0. The molecular formula is C8H15NO. The van der Waals surface area contributed by atoms with Crippen molar-refractivity contribution in [1.82, 2.24) is 5.32 Å². The predicted octanol–water partition coefficient (Wildman–Crippen LogP) is 0.509. The molecule has 1 aliphatic carbocycles. The van der Waals surface area contributed by atoms with E-state index in [1.165, 1.54) is 25.7 Å². The van der Waals surface area contributed by atoms with Crippen molar-refractivity contribution in [2.75, 3.05) is 6.54 Å². The highest BCUT2D eigenvalue weighted by Gasteiger charge is 2.35. The van der Waals surface area contributed by atoms with Crippen LogP contribution in [0.2, 0.25) is 0 Å². The van der Waals surface area contributed by atoms with Gasteiger partial charge in [0.25, 0.3) is 0 Å². The second-order valence-electron chi connectivity index (χ2n) is 3.53. The Kier molecular flexibility index (Phi) is 1.66. The standard InChI is InChI=1S/C8H15NO/c10-8(6-3-4-6)7-2-1-5-9-7/h6-10H,1-5H2. The number of aliphatic hydroxyl groups excluding tert-OH is 1. The molecular weight excluding hydrogens is 126 g/mol. The third-order valence-corrected chi connectivity index (χ3v) is 2.62. The summed E-state index contributed by atoms with van der Waals surface area (Å²) in [6.07, 6.45) is 4.88. The molecule has 0 aromatic rings. The van der Waals surface area contributed by atoms with Crippen molar-refractivity contribution in [3.8, 4) is 0 Å². The van der Waals surface area contributed by atoms with Gasteiger partial charge in [-0.25, -0.2) is 0 Å². The molecule has 2 atom stereocenters. The monoisotopic (exact) mass is 141 g/mol. The Morgan fingerprint density at radius 2 is 2.10 bits per heavy atom. The van der Waals surface area contributed by atoms with Crippen LogP contribution in [0.3, 0.4) is 0 Å². The van der Waals surface area contributed by atoms with Crippen molar-refractivity contribution in [1.29, 1.82) is 0 Å². The third-order valence-electron chi connectivity index (χ3n) is 2.62. The van der Waals surface area contributed by atoms with Crippen LogP contribution < -0.4 is 5.32 Å². The van der Waals surface area contributed by atoms with Gasteiger partial charge in [-0.05, 0) is 38.1 Å². The summed E-state index contributed by atoms with van der Waals surface area (Å²) in [5, 5.41) is 13.0. The SMILES string of the molecule is OC(C1CC1)C1CCCN1. The van der Waals surface area contributed by atoms with Gasteiger partial charge in [-0.15, -0.1) is 0 Å². The number of hydrogen-bond donors (Lipinski definition) is 2. The largest absolute Gasteiger partial charge is 0.391 e. The minimum absolute atomic E-state index is 0.0394. The summed E-state index contributed by atoms with van der Waals surface area (Å²) in [4.78, 5) is 0. The highest BCUT2D eigenvalue weighted by molar-refractivity contribution is 4.91.